The van der Waals surface area contributed by atoms with Crippen LogP contribution in [-0.2, 0) is 0 Å². The lowest BCUT2D eigenvalue weighted by Gasteiger charge is -2.16. The fourth-order valence-electron chi connectivity index (χ4n) is 1.78. The van der Waals surface area contributed by atoms with E-state index >= 15 is 0 Å². The lowest BCUT2D eigenvalue weighted by molar-refractivity contribution is 0.595. The Hall–Kier alpha value is -0.410. The second-order valence-corrected chi connectivity index (χ2v) is 4.84. The lowest BCUT2D eigenvalue weighted by Crippen LogP contribution is -2.07. The molecule has 0 saturated carbocycles. The Labute approximate surface area is 99.0 Å². The van der Waals surface area contributed by atoms with Crippen molar-refractivity contribution in [1.29, 1.82) is 0 Å². The van der Waals surface area contributed by atoms with E-state index in [9.17, 15) is 4.39 Å². The molecule has 1 aromatic rings. The van der Waals surface area contributed by atoms with Crippen LogP contribution in [-0.4, -0.2) is 6.54 Å². The van der Waals surface area contributed by atoms with Crippen LogP contribution in [0.2, 0.25) is 0 Å². The predicted molar refractivity (Wildman–Crippen MR) is 65.7 cm³/mol. The minimum atomic E-state index is -0.108. The Morgan fingerprint density at radius 1 is 1.40 bits per heavy atom. The summed E-state index contributed by atoms with van der Waals surface area (Å²) in [5.41, 5.74) is 7.99. The van der Waals surface area contributed by atoms with Crippen LogP contribution in [0.3, 0.4) is 0 Å². The summed E-state index contributed by atoms with van der Waals surface area (Å²) in [6, 6.07) is 2.01. The maximum Gasteiger partial charge on any atom is 0.130 e. The van der Waals surface area contributed by atoms with Gasteiger partial charge in [-0.3, -0.25) is 0 Å². The van der Waals surface area contributed by atoms with E-state index in [4.69, 9.17) is 5.73 Å². The Morgan fingerprint density at radius 3 is 2.53 bits per heavy atom. The van der Waals surface area contributed by atoms with Gasteiger partial charge in [-0.2, -0.15) is 0 Å². The van der Waals surface area contributed by atoms with Crippen molar-refractivity contribution in [3.63, 3.8) is 0 Å². The van der Waals surface area contributed by atoms with Crippen LogP contribution < -0.4 is 5.73 Å². The Balaban J connectivity index is 3.19. The zero-order valence-electron chi connectivity index (χ0n) is 9.40. The van der Waals surface area contributed by atoms with Gasteiger partial charge in [-0.05, 0) is 55.5 Å². The van der Waals surface area contributed by atoms with Gasteiger partial charge < -0.3 is 5.73 Å². The molecule has 0 fully saturated rings. The zero-order valence-corrected chi connectivity index (χ0v) is 11.0. The predicted octanol–water partition coefficient (Wildman–Crippen LogP) is 3.66. The van der Waals surface area contributed by atoms with Crippen LogP contribution in [0.25, 0.3) is 0 Å². The summed E-state index contributed by atoms with van der Waals surface area (Å²) >= 11 is 3.38. The van der Waals surface area contributed by atoms with Gasteiger partial charge in [0.15, 0.2) is 0 Å². The maximum atomic E-state index is 13.8. The minimum Gasteiger partial charge on any atom is -0.330 e. The van der Waals surface area contributed by atoms with E-state index in [1.165, 1.54) is 0 Å². The van der Waals surface area contributed by atoms with Gasteiger partial charge in [-0.25, -0.2) is 4.39 Å². The summed E-state index contributed by atoms with van der Waals surface area (Å²) in [5.74, 6) is 0.199. The van der Waals surface area contributed by atoms with E-state index in [0.29, 0.717) is 18.0 Å². The van der Waals surface area contributed by atoms with Crippen LogP contribution in [0.1, 0.15) is 36.0 Å². The molecule has 0 amide bonds. The van der Waals surface area contributed by atoms with Crippen molar-refractivity contribution in [2.75, 3.05) is 6.54 Å². The summed E-state index contributed by atoms with van der Waals surface area (Å²) in [5, 5.41) is 0. The fraction of sp³-hybridized carbons (Fsp3) is 0.500. The number of nitrogens with two attached hydrogens (primary N) is 1. The first-order valence-electron chi connectivity index (χ1n) is 5.14. The molecule has 2 N–H and O–H groups in total. The van der Waals surface area contributed by atoms with Gasteiger partial charge in [-0.15, -0.1) is 0 Å². The molecule has 0 aliphatic carbocycles. The van der Waals surface area contributed by atoms with Gasteiger partial charge in [0, 0.05) is 4.47 Å². The summed E-state index contributed by atoms with van der Waals surface area (Å²) in [6.45, 7) is 6.32. The number of hydrogen-bond acceptors (Lipinski definition) is 1. The second-order valence-electron chi connectivity index (χ2n) is 3.99. The van der Waals surface area contributed by atoms with E-state index in [-0.39, 0.29) is 5.82 Å². The molecular formula is C12H17BrFN. The lowest BCUT2D eigenvalue weighted by atomic mass is 9.92. The van der Waals surface area contributed by atoms with Crippen molar-refractivity contribution in [1.82, 2.24) is 0 Å². The quantitative estimate of drug-likeness (QED) is 0.894. The van der Waals surface area contributed by atoms with E-state index in [2.05, 4.69) is 22.9 Å². The normalized spacial score (nSPS) is 12.9. The monoisotopic (exact) mass is 273 g/mol. The Kier molecular flexibility index (Phi) is 4.29. The highest BCUT2D eigenvalue weighted by atomic mass is 79.9. The highest BCUT2D eigenvalue weighted by Gasteiger charge is 2.15. The molecule has 0 bridgehead atoms. The Bertz CT molecular complexity index is 363. The summed E-state index contributed by atoms with van der Waals surface area (Å²) in [4.78, 5) is 0. The van der Waals surface area contributed by atoms with Crippen LogP contribution >= 0.6 is 15.9 Å². The Morgan fingerprint density at radius 2 is 2.00 bits per heavy atom. The number of hydrogen-bond donors (Lipinski definition) is 1. The first kappa shape index (κ1) is 12.7. The number of halogens is 2. The molecule has 15 heavy (non-hydrogen) atoms. The van der Waals surface area contributed by atoms with Crippen LogP contribution in [0, 0.1) is 19.7 Å². The standard InChI is InChI=1S/C12H17BrFN/c1-7(4-5-15)10-6-11(13)9(3)12(14)8(10)2/h6-7H,4-5,15H2,1-3H3. The number of rotatable bonds is 3. The third-order valence-corrected chi connectivity index (χ3v) is 3.69. The van der Waals surface area contributed by atoms with Crippen LogP contribution in [0.5, 0.6) is 0 Å². The van der Waals surface area contributed by atoms with Crippen molar-refractivity contribution in [3.8, 4) is 0 Å². The fourth-order valence-corrected chi connectivity index (χ4v) is 2.20. The molecule has 1 atom stereocenters. The van der Waals surface area contributed by atoms with Crippen molar-refractivity contribution in [2.24, 2.45) is 5.73 Å². The van der Waals surface area contributed by atoms with Gasteiger partial charge in [-0.1, -0.05) is 22.9 Å². The molecule has 1 unspecified atom stereocenters. The first-order chi connectivity index (χ1) is 6.99. The molecule has 1 rings (SSSR count). The molecule has 3 heteroatoms. The average Bonchev–Trinajstić information content (AvgIpc) is 2.20. The maximum absolute atomic E-state index is 13.8. The third kappa shape index (κ3) is 2.58. The van der Waals surface area contributed by atoms with E-state index < -0.39 is 0 Å². The number of benzene rings is 1. The highest BCUT2D eigenvalue weighted by molar-refractivity contribution is 9.10. The van der Waals surface area contributed by atoms with E-state index in [1.54, 1.807) is 6.92 Å². The van der Waals surface area contributed by atoms with Crippen LogP contribution in [0.15, 0.2) is 10.5 Å². The molecule has 0 heterocycles. The van der Waals surface area contributed by atoms with E-state index in [0.717, 1.165) is 22.0 Å². The smallest absolute Gasteiger partial charge is 0.130 e. The molecule has 0 radical (unpaired) electrons. The average molecular weight is 274 g/mol. The molecule has 0 spiro atoms. The second kappa shape index (κ2) is 5.08. The molecule has 84 valence electrons. The van der Waals surface area contributed by atoms with Gasteiger partial charge in [0.05, 0.1) is 0 Å². The summed E-state index contributed by atoms with van der Waals surface area (Å²) in [7, 11) is 0. The van der Waals surface area contributed by atoms with Crippen LogP contribution in [0.4, 0.5) is 4.39 Å². The van der Waals surface area contributed by atoms with Gasteiger partial charge in [0.25, 0.3) is 0 Å². The third-order valence-electron chi connectivity index (χ3n) is 2.86. The molecule has 0 aliphatic heterocycles. The van der Waals surface area contributed by atoms with Gasteiger partial charge in [0.1, 0.15) is 5.82 Å². The van der Waals surface area contributed by atoms with Crippen molar-refractivity contribution in [2.45, 2.75) is 33.1 Å². The van der Waals surface area contributed by atoms with Gasteiger partial charge in [0.2, 0.25) is 0 Å². The van der Waals surface area contributed by atoms with E-state index in [1.807, 2.05) is 13.0 Å². The SMILES string of the molecule is Cc1c(Br)cc(C(C)CCN)c(C)c1F. The molecular weight excluding hydrogens is 257 g/mol. The zero-order chi connectivity index (χ0) is 11.6. The molecule has 0 aliphatic rings. The minimum absolute atomic E-state index is 0.108. The first-order valence-corrected chi connectivity index (χ1v) is 5.93. The summed E-state index contributed by atoms with van der Waals surface area (Å²) < 4.78 is 14.6. The summed E-state index contributed by atoms with van der Waals surface area (Å²) in [6.07, 6.45) is 0.885. The van der Waals surface area contributed by atoms with Crippen molar-refractivity contribution in [3.05, 3.63) is 33.0 Å². The molecule has 1 nitrogen and oxygen atoms in total. The molecule has 0 saturated heterocycles. The topological polar surface area (TPSA) is 26.0 Å². The molecule has 0 aromatic heterocycles. The van der Waals surface area contributed by atoms with Crippen molar-refractivity contribution < 1.29 is 4.39 Å². The van der Waals surface area contributed by atoms with Crippen molar-refractivity contribution >= 4 is 15.9 Å². The largest absolute Gasteiger partial charge is 0.330 e. The molecule has 1 aromatic carbocycles. The van der Waals surface area contributed by atoms with Gasteiger partial charge >= 0.3 is 0 Å². The highest BCUT2D eigenvalue weighted by Crippen LogP contribution is 2.30.